The highest BCUT2D eigenvalue weighted by Crippen LogP contribution is 2.42. The Bertz CT molecular complexity index is 3780. The second-order valence-electron chi connectivity index (χ2n) is 15.3. The van der Waals surface area contributed by atoms with Gasteiger partial charge in [0.1, 0.15) is 22.3 Å². The maximum atomic E-state index is 6.47. The van der Waals surface area contributed by atoms with Crippen LogP contribution < -0.4 is 0 Å². The summed E-state index contributed by atoms with van der Waals surface area (Å²) in [4.78, 5) is 0. The Hall–Kier alpha value is -7.82. The van der Waals surface area contributed by atoms with E-state index in [-0.39, 0.29) is 0 Å². The predicted octanol–water partition coefficient (Wildman–Crippen LogP) is 15.0. The van der Waals surface area contributed by atoms with Crippen LogP contribution in [-0.2, 0) is 0 Å². The SMILES string of the molecule is c1ccc(-n2c3ccccc3c3cc(-c4ccc5c(c4)c4cc6c(cc4n5-c4ccc(-c5cccc7c5oc5ccccc57)cc4)oc4ccccc46)ccc32)cc1. The Kier molecular flexibility index (Phi) is 6.41. The average molecular weight is 741 g/mol. The van der Waals surface area contributed by atoms with Crippen molar-refractivity contribution in [2.75, 3.05) is 0 Å². The second-order valence-corrected chi connectivity index (χ2v) is 15.3. The van der Waals surface area contributed by atoms with Crippen molar-refractivity contribution in [2.45, 2.75) is 0 Å². The molecule has 4 aromatic heterocycles. The topological polar surface area (TPSA) is 36.1 Å². The number of furan rings is 2. The van der Waals surface area contributed by atoms with Gasteiger partial charge in [-0.2, -0.15) is 0 Å². The van der Waals surface area contributed by atoms with Crippen LogP contribution >= 0.6 is 0 Å². The van der Waals surface area contributed by atoms with Crippen molar-refractivity contribution in [2.24, 2.45) is 0 Å². The Morgan fingerprint density at radius 2 is 0.810 bits per heavy atom. The van der Waals surface area contributed by atoms with Crippen LogP contribution in [0.3, 0.4) is 0 Å². The zero-order valence-electron chi connectivity index (χ0n) is 31.2. The van der Waals surface area contributed by atoms with E-state index in [1.54, 1.807) is 0 Å². The van der Waals surface area contributed by atoms with Gasteiger partial charge >= 0.3 is 0 Å². The van der Waals surface area contributed by atoms with E-state index in [4.69, 9.17) is 8.83 Å². The molecule has 0 fully saturated rings. The smallest absolute Gasteiger partial charge is 0.143 e. The van der Waals surface area contributed by atoms with Crippen molar-refractivity contribution in [1.29, 1.82) is 0 Å². The van der Waals surface area contributed by atoms with Crippen LogP contribution in [0.5, 0.6) is 0 Å². The highest BCUT2D eigenvalue weighted by atomic mass is 16.3. The van der Waals surface area contributed by atoms with Gasteiger partial charge in [0.15, 0.2) is 0 Å². The standard InChI is InChI=1S/C54H32N2O2/c1-2-11-36(12-3-1)55-47-18-7-4-13-39(47)43-29-34(23-27-48(43)55)35-24-28-49-44(30-35)45-31-46-41-15-6-8-19-51(41)57-53(46)32-50(45)56(49)37-25-21-33(22-26-37)38-16-10-17-42-40-14-5-9-20-52(40)58-54(38)42/h1-32H. The van der Waals surface area contributed by atoms with E-state index >= 15 is 0 Å². The zero-order valence-corrected chi connectivity index (χ0v) is 31.2. The fraction of sp³-hybridized carbons (Fsp3) is 0. The summed E-state index contributed by atoms with van der Waals surface area (Å²) in [6.45, 7) is 0. The predicted molar refractivity (Wildman–Crippen MR) is 241 cm³/mol. The van der Waals surface area contributed by atoms with Crippen molar-refractivity contribution in [3.05, 3.63) is 194 Å². The van der Waals surface area contributed by atoms with Crippen molar-refractivity contribution in [3.8, 4) is 33.6 Å². The number of fused-ring (bicyclic) bond motifs is 12. The molecule has 0 N–H and O–H groups in total. The number of para-hydroxylation sites is 5. The molecule has 13 aromatic rings. The van der Waals surface area contributed by atoms with Crippen molar-refractivity contribution in [3.63, 3.8) is 0 Å². The van der Waals surface area contributed by atoms with Gasteiger partial charge in [-0.25, -0.2) is 0 Å². The Labute approximate surface area is 332 Å². The molecule has 9 aromatic carbocycles. The van der Waals surface area contributed by atoms with Crippen LogP contribution in [0.25, 0.3) is 121 Å². The molecule has 4 nitrogen and oxygen atoms in total. The quantitative estimate of drug-likeness (QED) is 0.180. The van der Waals surface area contributed by atoms with Gasteiger partial charge in [-0.15, -0.1) is 0 Å². The molecular weight excluding hydrogens is 709 g/mol. The molecule has 0 unspecified atom stereocenters. The van der Waals surface area contributed by atoms with Crippen LogP contribution in [0.4, 0.5) is 0 Å². The van der Waals surface area contributed by atoms with Crippen LogP contribution in [0.1, 0.15) is 0 Å². The van der Waals surface area contributed by atoms with Crippen LogP contribution in [-0.4, -0.2) is 9.13 Å². The monoisotopic (exact) mass is 740 g/mol. The number of benzene rings is 9. The molecule has 0 radical (unpaired) electrons. The third kappa shape index (κ3) is 4.45. The molecule has 0 saturated heterocycles. The molecule has 13 rings (SSSR count). The summed E-state index contributed by atoms with van der Waals surface area (Å²) in [6, 6.07) is 69.6. The molecule has 0 aliphatic heterocycles. The van der Waals surface area contributed by atoms with E-state index in [1.165, 1.54) is 43.7 Å². The van der Waals surface area contributed by atoms with Crippen molar-refractivity contribution < 1.29 is 8.83 Å². The van der Waals surface area contributed by atoms with Gasteiger partial charge in [0.25, 0.3) is 0 Å². The zero-order chi connectivity index (χ0) is 37.9. The largest absolute Gasteiger partial charge is 0.456 e. The van der Waals surface area contributed by atoms with E-state index in [0.29, 0.717) is 0 Å². The number of hydrogen-bond donors (Lipinski definition) is 0. The first-order valence-corrected chi connectivity index (χ1v) is 19.7. The fourth-order valence-corrected chi connectivity index (χ4v) is 9.47. The lowest BCUT2D eigenvalue weighted by molar-refractivity contribution is 0.669. The molecule has 0 saturated carbocycles. The lowest BCUT2D eigenvalue weighted by Crippen LogP contribution is -1.94. The summed E-state index contributed by atoms with van der Waals surface area (Å²) < 4.78 is 17.6. The van der Waals surface area contributed by atoms with Crippen molar-refractivity contribution in [1.82, 2.24) is 9.13 Å². The molecule has 0 aliphatic rings. The number of hydrogen-bond acceptors (Lipinski definition) is 2. The first-order valence-electron chi connectivity index (χ1n) is 19.7. The summed E-state index contributed by atoms with van der Waals surface area (Å²) in [7, 11) is 0. The van der Waals surface area contributed by atoms with Crippen molar-refractivity contribution >= 4 is 87.5 Å². The minimum Gasteiger partial charge on any atom is -0.456 e. The highest BCUT2D eigenvalue weighted by molar-refractivity contribution is 6.18. The number of aromatic nitrogens is 2. The average Bonchev–Trinajstić information content (AvgIpc) is 4.03. The van der Waals surface area contributed by atoms with Gasteiger partial charge in [0.05, 0.1) is 22.1 Å². The number of nitrogens with zero attached hydrogens (tertiary/aromatic N) is 2. The molecule has 270 valence electrons. The molecule has 4 heterocycles. The summed E-state index contributed by atoms with van der Waals surface area (Å²) in [5.74, 6) is 0. The van der Waals surface area contributed by atoms with E-state index in [1.807, 2.05) is 18.2 Å². The molecule has 0 amide bonds. The summed E-state index contributed by atoms with van der Waals surface area (Å²) >= 11 is 0. The lowest BCUT2D eigenvalue weighted by Gasteiger charge is -2.10. The summed E-state index contributed by atoms with van der Waals surface area (Å²) in [5, 5.41) is 9.39. The van der Waals surface area contributed by atoms with E-state index < -0.39 is 0 Å². The first kappa shape index (κ1) is 31.4. The summed E-state index contributed by atoms with van der Waals surface area (Å²) in [5.41, 5.74) is 15.0. The molecule has 0 atom stereocenters. The second kappa shape index (κ2) is 11.8. The maximum Gasteiger partial charge on any atom is 0.143 e. The van der Waals surface area contributed by atoms with Gasteiger partial charge in [0.2, 0.25) is 0 Å². The molecular formula is C54H32N2O2. The maximum absolute atomic E-state index is 6.47. The molecule has 0 spiro atoms. The van der Waals surface area contributed by atoms with Crippen LogP contribution in [0.2, 0.25) is 0 Å². The van der Waals surface area contributed by atoms with Gasteiger partial charge in [-0.3, -0.25) is 0 Å². The Balaban J connectivity index is 1.01. The third-order valence-electron chi connectivity index (χ3n) is 12.1. The van der Waals surface area contributed by atoms with Gasteiger partial charge in [-0.1, -0.05) is 115 Å². The third-order valence-corrected chi connectivity index (χ3v) is 12.1. The fourth-order valence-electron chi connectivity index (χ4n) is 9.47. The molecule has 0 bridgehead atoms. The minimum atomic E-state index is 0.881. The first-order chi connectivity index (χ1) is 28.7. The van der Waals surface area contributed by atoms with Gasteiger partial charge < -0.3 is 18.0 Å². The Morgan fingerprint density at radius 1 is 0.276 bits per heavy atom. The highest BCUT2D eigenvalue weighted by Gasteiger charge is 2.19. The van der Waals surface area contributed by atoms with Gasteiger partial charge in [-0.05, 0) is 89.5 Å². The molecule has 58 heavy (non-hydrogen) atoms. The number of rotatable bonds is 4. The Morgan fingerprint density at radius 3 is 1.57 bits per heavy atom. The van der Waals surface area contributed by atoms with E-state index in [0.717, 1.165) is 77.4 Å². The van der Waals surface area contributed by atoms with Crippen LogP contribution in [0, 0.1) is 0 Å². The van der Waals surface area contributed by atoms with Crippen LogP contribution in [0.15, 0.2) is 203 Å². The van der Waals surface area contributed by atoms with E-state index in [9.17, 15) is 0 Å². The molecule has 0 aliphatic carbocycles. The minimum absolute atomic E-state index is 0.881. The van der Waals surface area contributed by atoms with Gasteiger partial charge in [0, 0.05) is 66.1 Å². The normalized spacial score (nSPS) is 12.1. The molecule has 4 heteroatoms. The van der Waals surface area contributed by atoms with E-state index in [2.05, 4.69) is 185 Å². The summed E-state index contributed by atoms with van der Waals surface area (Å²) in [6.07, 6.45) is 0. The lowest BCUT2D eigenvalue weighted by atomic mass is 10.00.